The summed E-state index contributed by atoms with van der Waals surface area (Å²) in [6.45, 7) is 7.07. The zero-order chi connectivity index (χ0) is 40.5. The first-order chi connectivity index (χ1) is 28.8. The number of carbonyl (C=O) groups is 4. The summed E-state index contributed by atoms with van der Waals surface area (Å²) in [6, 6.07) is 21.4. The van der Waals surface area contributed by atoms with Crippen molar-refractivity contribution in [3.63, 3.8) is 0 Å². The Kier molecular flexibility index (Phi) is 10.8. The molecule has 3 fully saturated rings. The molecule has 2 aromatic carbocycles. The number of halogens is 1. The lowest BCUT2D eigenvalue weighted by Gasteiger charge is -2.35. The third kappa shape index (κ3) is 7.87. The first-order valence-electron chi connectivity index (χ1n) is 20.4. The number of hydrogen-bond donors (Lipinski definition) is 2. The molecule has 15 heteroatoms. The maximum Gasteiger partial charge on any atom is 0.262 e. The van der Waals surface area contributed by atoms with Crippen LogP contribution in [0.3, 0.4) is 0 Å². The molecule has 0 aliphatic carbocycles. The number of hydrogen-bond acceptors (Lipinski definition) is 11. The summed E-state index contributed by atoms with van der Waals surface area (Å²) in [5.74, 6) is -1.33. The van der Waals surface area contributed by atoms with Crippen molar-refractivity contribution in [1.82, 2.24) is 29.5 Å². The number of aromatic nitrogens is 3. The van der Waals surface area contributed by atoms with E-state index in [1.165, 1.54) is 6.07 Å². The van der Waals surface area contributed by atoms with Crippen molar-refractivity contribution < 1.29 is 28.3 Å². The van der Waals surface area contributed by atoms with E-state index in [4.69, 9.17) is 9.72 Å². The number of imide groups is 2. The molecule has 1 unspecified atom stereocenters. The fourth-order valence-electron chi connectivity index (χ4n) is 8.69. The molecule has 3 saturated heterocycles. The van der Waals surface area contributed by atoms with E-state index in [2.05, 4.69) is 59.1 Å². The van der Waals surface area contributed by atoms with Crippen LogP contribution in [0.15, 0.2) is 85.2 Å². The van der Waals surface area contributed by atoms with Gasteiger partial charge in [0.1, 0.15) is 23.3 Å². The zero-order valence-electron chi connectivity index (χ0n) is 32.7. The lowest BCUT2D eigenvalue weighted by molar-refractivity contribution is -0.136. The van der Waals surface area contributed by atoms with E-state index in [0.29, 0.717) is 25.4 Å². The van der Waals surface area contributed by atoms with Gasteiger partial charge in [-0.3, -0.25) is 38.7 Å². The fourth-order valence-corrected chi connectivity index (χ4v) is 8.69. The fraction of sp³-hybridized carbons (Fsp3) is 0.364. The van der Waals surface area contributed by atoms with Crippen molar-refractivity contribution >= 4 is 46.5 Å². The van der Waals surface area contributed by atoms with Gasteiger partial charge in [0.05, 0.1) is 47.0 Å². The van der Waals surface area contributed by atoms with Gasteiger partial charge in [0.15, 0.2) is 0 Å². The summed E-state index contributed by atoms with van der Waals surface area (Å²) in [6.07, 6.45) is 7.00. The van der Waals surface area contributed by atoms with Crippen molar-refractivity contribution in [3.05, 3.63) is 108 Å². The summed E-state index contributed by atoms with van der Waals surface area (Å²) in [5.41, 5.74) is 5.92. The van der Waals surface area contributed by atoms with E-state index in [-0.39, 0.29) is 35.8 Å². The molecule has 0 bridgehead atoms. The number of amides is 4. The summed E-state index contributed by atoms with van der Waals surface area (Å²) in [5, 5.41) is 5.52. The number of ether oxygens (including phenoxy) is 1. The summed E-state index contributed by atoms with van der Waals surface area (Å²) >= 11 is 0. The van der Waals surface area contributed by atoms with Gasteiger partial charge in [0, 0.05) is 70.7 Å². The molecule has 0 spiro atoms. The van der Waals surface area contributed by atoms with Gasteiger partial charge in [0.25, 0.3) is 11.8 Å². The summed E-state index contributed by atoms with van der Waals surface area (Å²) < 4.78 is 22.2. The van der Waals surface area contributed by atoms with Gasteiger partial charge >= 0.3 is 0 Å². The molecular formula is C44H46FN9O5. The minimum absolute atomic E-state index is 0.0827. The Morgan fingerprint density at radius 3 is 2.54 bits per heavy atom. The van der Waals surface area contributed by atoms with Crippen LogP contribution in [-0.4, -0.2) is 113 Å². The maximum absolute atomic E-state index is 14.1. The number of benzene rings is 2. The molecule has 59 heavy (non-hydrogen) atoms. The van der Waals surface area contributed by atoms with Crippen LogP contribution < -0.4 is 20.4 Å². The number of pyridine rings is 2. The molecule has 0 saturated carbocycles. The number of anilines is 3. The number of rotatable bonds is 13. The molecule has 5 aromatic rings. The number of carbonyl (C=O) groups excluding carboxylic acids is 4. The van der Waals surface area contributed by atoms with Crippen LogP contribution in [0.2, 0.25) is 0 Å². The number of imidazole rings is 1. The van der Waals surface area contributed by atoms with E-state index >= 15 is 0 Å². The normalized spacial score (nSPS) is 19.8. The van der Waals surface area contributed by atoms with Gasteiger partial charge in [-0.05, 0) is 85.8 Å². The predicted molar refractivity (Wildman–Crippen MR) is 220 cm³/mol. The van der Waals surface area contributed by atoms with Crippen LogP contribution in [-0.2, 0) is 14.3 Å². The Balaban J connectivity index is 0.725. The highest BCUT2D eigenvalue weighted by atomic mass is 19.1. The first kappa shape index (κ1) is 38.3. The van der Waals surface area contributed by atoms with Crippen LogP contribution in [0.5, 0.6) is 0 Å². The predicted octanol–water partition coefficient (Wildman–Crippen LogP) is 4.92. The topological polar surface area (TPSA) is 145 Å². The van der Waals surface area contributed by atoms with Crippen LogP contribution in [0.4, 0.5) is 21.6 Å². The number of fused-ring (bicyclic) bond motifs is 2. The van der Waals surface area contributed by atoms with Gasteiger partial charge in [-0.1, -0.05) is 18.2 Å². The number of nitrogens with one attached hydrogen (secondary N) is 2. The Morgan fingerprint density at radius 2 is 1.69 bits per heavy atom. The summed E-state index contributed by atoms with van der Waals surface area (Å²) in [4.78, 5) is 67.8. The molecule has 4 aliphatic rings. The molecule has 14 nitrogen and oxygen atoms in total. The van der Waals surface area contributed by atoms with Crippen LogP contribution in [0.25, 0.3) is 17.0 Å². The van der Waals surface area contributed by atoms with Crippen molar-refractivity contribution in [3.8, 4) is 11.4 Å². The SMILES string of the molecule is O=C1CCC(N2C(=O)c3ccc(NCCCOCCN4CCN(c5cccc(-c6cnc7ccc(N8CCC[C@@H]8c8cccc(F)c8)cn67)n5)CC4)cc3C2=O)C(=O)N1. The molecule has 2 N–H and O–H groups in total. The third-order valence-electron chi connectivity index (χ3n) is 11.8. The van der Waals surface area contributed by atoms with Gasteiger partial charge in [0.2, 0.25) is 11.8 Å². The van der Waals surface area contributed by atoms with Gasteiger partial charge in [-0.15, -0.1) is 0 Å². The largest absolute Gasteiger partial charge is 0.385 e. The van der Waals surface area contributed by atoms with E-state index in [1.807, 2.05) is 24.4 Å². The number of piperidine rings is 1. The second-order valence-corrected chi connectivity index (χ2v) is 15.5. The van der Waals surface area contributed by atoms with Crippen molar-refractivity contribution in [2.45, 2.75) is 44.2 Å². The minimum Gasteiger partial charge on any atom is -0.385 e. The highest BCUT2D eigenvalue weighted by molar-refractivity contribution is 6.23. The van der Waals surface area contributed by atoms with E-state index in [0.717, 1.165) is 97.5 Å². The standard InChI is InChI=1S/C44H46FN9O5/c45-30-6-1-5-29(25-30)36-8-3-17-52(36)32-11-14-39-47-27-38(53(39)28-32)35-7-2-9-40(48-35)51-20-18-50(19-21-51)22-24-59-23-4-16-46-31-10-12-33-34(26-31)44(58)54(43(33)57)37-13-15-41(55)49-42(37)56/h1-2,5-7,9-12,14,25-28,36-37,46H,3-4,8,13,15-24H2,(H,49,55,56)/t36-,37?/m1/s1. The van der Waals surface area contributed by atoms with E-state index in [1.54, 1.807) is 30.3 Å². The maximum atomic E-state index is 14.1. The third-order valence-corrected chi connectivity index (χ3v) is 11.8. The van der Waals surface area contributed by atoms with Crippen LogP contribution in [0, 0.1) is 5.82 Å². The smallest absolute Gasteiger partial charge is 0.262 e. The lowest BCUT2D eigenvalue weighted by Crippen LogP contribution is -2.54. The molecule has 3 aromatic heterocycles. The van der Waals surface area contributed by atoms with Crippen molar-refractivity contribution in [2.24, 2.45) is 0 Å². The average molecular weight is 800 g/mol. The summed E-state index contributed by atoms with van der Waals surface area (Å²) in [7, 11) is 0. The van der Waals surface area contributed by atoms with Gasteiger partial charge < -0.3 is 19.9 Å². The number of nitrogens with zero attached hydrogens (tertiary/aromatic N) is 7. The zero-order valence-corrected chi connectivity index (χ0v) is 32.7. The van der Waals surface area contributed by atoms with Crippen molar-refractivity contribution in [1.29, 1.82) is 0 Å². The van der Waals surface area contributed by atoms with E-state index < -0.39 is 29.7 Å². The molecule has 7 heterocycles. The minimum atomic E-state index is -0.984. The lowest BCUT2D eigenvalue weighted by atomic mass is 10.0. The second-order valence-electron chi connectivity index (χ2n) is 15.5. The average Bonchev–Trinajstić information content (AvgIpc) is 3.97. The Bertz CT molecular complexity index is 2410. The molecular weight excluding hydrogens is 754 g/mol. The van der Waals surface area contributed by atoms with Gasteiger partial charge in [-0.25, -0.2) is 14.4 Å². The van der Waals surface area contributed by atoms with Crippen molar-refractivity contribution in [2.75, 3.05) is 74.1 Å². The Morgan fingerprint density at radius 1 is 0.847 bits per heavy atom. The Hall–Kier alpha value is -6.19. The quantitative estimate of drug-likeness (QED) is 0.124. The highest BCUT2D eigenvalue weighted by Crippen LogP contribution is 2.37. The molecule has 9 rings (SSSR count). The Labute approximate surface area is 340 Å². The monoisotopic (exact) mass is 799 g/mol. The molecule has 4 amide bonds. The van der Waals surface area contributed by atoms with E-state index in [9.17, 15) is 23.6 Å². The highest BCUT2D eigenvalue weighted by Gasteiger charge is 2.44. The molecule has 2 atom stereocenters. The van der Waals surface area contributed by atoms with Crippen LogP contribution >= 0.6 is 0 Å². The number of piperazine rings is 1. The molecule has 0 radical (unpaired) electrons. The first-order valence-corrected chi connectivity index (χ1v) is 20.4. The van der Waals surface area contributed by atoms with Crippen LogP contribution in [0.1, 0.15) is 64.4 Å². The second kappa shape index (κ2) is 16.6. The van der Waals surface area contributed by atoms with Gasteiger partial charge in [-0.2, -0.15) is 0 Å². The molecule has 304 valence electrons. The molecule has 4 aliphatic heterocycles.